The van der Waals surface area contributed by atoms with E-state index in [1.165, 1.54) is 17.7 Å². The molecule has 0 radical (unpaired) electrons. The fourth-order valence-electron chi connectivity index (χ4n) is 2.62. The summed E-state index contributed by atoms with van der Waals surface area (Å²) in [5.74, 6) is 0.354. The molecule has 0 saturated carbocycles. The average Bonchev–Trinajstić information content (AvgIpc) is 3.42. The number of rotatable bonds is 6. The Kier molecular flexibility index (Phi) is 5.50. The molecular weight excluding hydrogens is 433 g/mol. The Labute approximate surface area is 178 Å². The SMILES string of the molecule is CN(C)c1cc(N(Cc2ccc(-c3noc(C(F)(F)F)n3)s2)c2cnccn2)ncn1. The average molecular weight is 448 g/mol. The first-order valence-electron chi connectivity index (χ1n) is 8.84. The Morgan fingerprint density at radius 3 is 2.52 bits per heavy atom. The lowest BCUT2D eigenvalue weighted by molar-refractivity contribution is -0.159. The molecule has 0 spiro atoms. The standard InChI is InChI=1S/C18H15F3N8OS/c1-28(2)13-7-14(25-10-24-13)29(15-8-22-5-6-23-15)9-11-3-4-12(31-11)16-26-17(30-27-16)18(19,20)21/h3-8,10H,9H2,1-2H3. The van der Waals surface area contributed by atoms with Crippen LogP contribution in [0.2, 0.25) is 0 Å². The van der Waals surface area contributed by atoms with Crippen LogP contribution < -0.4 is 9.80 Å². The molecule has 0 atom stereocenters. The molecule has 0 aliphatic rings. The fourth-order valence-corrected chi connectivity index (χ4v) is 3.54. The van der Waals surface area contributed by atoms with Crippen LogP contribution >= 0.6 is 11.3 Å². The van der Waals surface area contributed by atoms with Gasteiger partial charge in [0.15, 0.2) is 5.82 Å². The molecule has 160 valence electrons. The molecule has 0 unspecified atom stereocenters. The Morgan fingerprint density at radius 1 is 1.03 bits per heavy atom. The van der Waals surface area contributed by atoms with Gasteiger partial charge in [-0.05, 0) is 12.1 Å². The van der Waals surface area contributed by atoms with E-state index in [4.69, 9.17) is 0 Å². The lowest BCUT2D eigenvalue weighted by Gasteiger charge is -2.22. The molecule has 0 aliphatic carbocycles. The van der Waals surface area contributed by atoms with Crippen LogP contribution in [0.15, 0.2) is 47.6 Å². The second-order valence-corrected chi connectivity index (χ2v) is 7.63. The maximum atomic E-state index is 12.7. The van der Waals surface area contributed by atoms with Crippen molar-refractivity contribution < 1.29 is 17.7 Å². The summed E-state index contributed by atoms with van der Waals surface area (Å²) in [6.45, 7) is 0.344. The van der Waals surface area contributed by atoms with Crippen LogP contribution in [-0.2, 0) is 12.7 Å². The number of alkyl halides is 3. The molecule has 0 aromatic carbocycles. The van der Waals surface area contributed by atoms with Crippen molar-refractivity contribution in [2.24, 2.45) is 0 Å². The highest BCUT2D eigenvalue weighted by Crippen LogP contribution is 2.33. The maximum absolute atomic E-state index is 12.7. The van der Waals surface area contributed by atoms with Crippen molar-refractivity contribution in [3.05, 3.63) is 53.9 Å². The molecule has 0 amide bonds. The number of aromatic nitrogens is 6. The first-order valence-corrected chi connectivity index (χ1v) is 9.66. The molecule has 0 N–H and O–H groups in total. The van der Waals surface area contributed by atoms with Gasteiger partial charge in [0.25, 0.3) is 0 Å². The third kappa shape index (κ3) is 4.60. The molecule has 4 aromatic rings. The largest absolute Gasteiger partial charge is 0.471 e. The van der Waals surface area contributed by atoms with Gasteiger partial charge in [0, 0.05) is 37.4 Å². The van der Waals surface area contributed by atoms with Crippen LogP contribution in [0, 0.1) is 0 Å². The van der Waals surface area contributed by atoms with Crippen LogP contribution in [-0.4, -0.2) is 44.2 Å². The topological polar surface area (TPSA) is 97.0 Å². The van der Waals surface area contributed by atoms with Crippen molar-refractivity contribution in [2.45, 2.75) is 12.7 Å². The van der Waals surface area contributed by atoms with Gasteiger partial charge < -0.3 is 14.3 Å². The van der Waals surface area contributed by atoms with Crippen molar-refractivity contribution >= 4 is 28.8 Å². The van der Waals surface area contributed by atoms with E-state index in [-0.39, 0.29) is 5.82 Å². The highest BCUT2D eigenvalue weighted by atomic mass is 32.1. The number of anilines is 3. The molecule has 13 heteroatoms. The summed E-state index contributed by atoms with van der Waals surface area (Å²) in [6.07, 6.45) is 1.48. The first-order chi connectivity index (χ1) is 14.8. The van der Waals surface area contributed by atoms with Crippen molar-refractivity contribution in [1.82, 2.24) is 30.1 Å². The minimum absolute atomic E-state index is 0.119. The van der Waals surface area contributed by atoms with Crippen LogP contribution in [0.5, 0.6) is 0 Å². The zero-order valence-corrected chi connectivity index (χ0v) is 17.1. The summed E-state index contributed by atoms with van der Waals surface area (Å²) in [7, 11) is 3.73. The fraction of sp³-hybridized carbons (Fsp3) is 0.222. The third-order valence-corrected chi connectivity index (χ3v) is 5.13. The van der Waals surface area contributed by atoms with E-state index in [1.54, 1.807) is 36.8 Å². The maximum Gasteiger partial charge on any atom is 0.471 e. The quantitative estimate of drug-likeness (QED) is 0.436. The van der Waals surface area contributed by atoms with Gasteiger partial charge in [-0.15, -0.1) is 11.3 Å². The minimum Gasteiger partial charge on any atom is -0.363 e. The molecule has 0 bridgehead atoms. The number of hydrogen-bond donors (Lipinski definition) is 0. The highest BCUT2D eigenvalue weighted by molar-refractivity contribution is 7.15. The van der Waals surface area contributed by atoms with E-state index >= 15 is 0 Å². The van der Waals surface area contributed by atoms with E-state index in [9.17, 15) is 13.2 Å². The Hall–Kier alpha value is -3.61. The number of hydrogen-bond acceptors (Lipinski definition) is 10. The van der Waals surface area contributed by atoms with Crippen LogP contribution in [0.25, 0.3) is 10.7 Å². The second-order valence-electron chi connectivity index (χ2n) is 6.47. The normalized spacial score (nSPS) is 11.5. The van der Waals surface area contributed by atoms with Gasteiger partial charge in [-0.25, -0.2) is 15.0 Å². The van der Waals surface area contributed by atoms with E-state index in [0.717, 1.165) is 4.88 Å². The predicted molar refractivity (Wildman–Crippen MR) is 107 cm³/mol. The smallest absolute Gasteiger partial charge is 0.363 e. The van der Waals surface area contributed by atoms with Crippen LogP contribution in [0.4, 0.5) is 30.6 Å². The summed E-state index contributed by atoms with van der Waals surface area (Å²) in [5.41, 5.74) is 0. The third-order valence-electron chi connectivity index (χ3n) is 4.06. The zero-order valence-electron chi connectivity index (χ0n) is 16.3. The van der Waals surface area contributed by atoms with Gasteiger partial charge in [-0.1, -0.05) is 5.16 Å². The molecule has 0 aliphatic heterocycles. The van der Waals surface area contributed by atoms with Gasteiger partial charge in [-0.2, -0.15) is 18.2 Å². The van der Waals surface area contributed by atoms with Gasteiger partial charge in [0.2, 0.25) is 5.82 Å². The molecule has 4 rings (SSSR count). The van der Waals surface area contributed by atoms with Gasteiger partial charge in [0.05, 0.1) is 17.6 Å². The van der Waals surface area contributed by atoms with Crippen molar-refractivity contribution in [3.8, 4) is 10.7 Å². The van der Waals surface area contributed by atoms with Crippen molar-refractivity contribution in [1.29, 1.82) is 0 Å². The molecule has 0 saturated heterocycles. The lowest BCUT2D eigenvalue weighted by atomic mass is 10.3. The monoisotopic (exact) mass is 448 g/mol. The van der Waals surface area contributed by atoms with Gasteiger partial charge >= 0.3 is 12.1 Å². The Bertz CT molecular complexity index is 1160. The molecule has 9 nitrogen and oxygen atoms in total. The van der Waals surface area contributed by atoms with Gasteiger partial charge in [-0.3, -0.25) is 4.98 Å². The van der Waals surface area contributed by atoms with E-state index in [1.807, 2.05) is 23.9 Å². The van der Waals surface area contributed by atoms with Crippen molar-refractivity contribution in [2.75, 3.05) is 23.9 Å². The lowest BCUT2D eigenvalue weighted by Crippen LogP contribution is -2.20. The van der Waals surface area contributed by atoms with E-state index in [0.29, 0.717) is 28.9 Å². The van der Waals surface area contributed by atoms with Crippen LogP contribution in [0.1, 0.15) is 10.8 Å². The Balaban J connectivity index is 1.64. The summed E-state index contributed by atoms with van der Waals surface area (Å²) < 4.78 is 42.5. The first kappa shape index (κ1) is 20.7. The molecule has 0 fully saturated rings. The number of nitrogens with zero attached hydrogens (tertiary/aromatic N) is 8. The van der Waals surface area contributed by atoms with Crippen LogP contribution in [0.3, 0.4) is 0 Å². The predicted octanol–water partition coefficient (Wildman–Crippen LogP) is 3.80. The minimum atomic E-state index is -4.69. The zero-order chi connectivity index (χ0) is 22.0. The Morgan fingerprint density at radius 2 is 1.84 bits per heavy atom. The highest BCUT2D eigenvalue weighted by Gasteiger charge is 2.38. The molecule has 31 heavy (non-hydrogen) atoms. The number of thiophene rings is 1. The summed E-state index contributed by atoms with van der Waals surface area (Å²) in [4.78, 5) is 25.4. The summed E-state index contributed by atoms with van der Waals surface area (Å²) in [5, 5.41) is 3.43. The summed E-state index contributed by atoms with van der Waals surface area (Å²) >= 11 is 1.24. The van der Waals surface area contributed by atoms with Crippen molar-refractivity contribution in [3.63, 3.8) is 0 Å². The van der Waals surface area contributed by atoms with E-state index < -0.39 is 12.1 Å². The molecular formula is C18H15F3N8OS. The summed E-state index contributed by atoms with van der Waals surface area (Å²) in [6, 6.07) is 5.23. The second kappa shape index (κ2) is 8.26. The molecule has 4 heterocycles. The van der Waals surface area contributed by atoms with E-state index in [2.05, 4.69) is 34.6 Å². The molecule has 4 aromatic heterocycles. The number of halogens is 3. The van der Waals surface area contributed by atoms with Gasteiger partial charge in [0.1, 0.15) is 18.0 Å².